The highest BCUT2D eigenvalue weighted by Crippen LogP contribution is 2.33. The minimum absolute atomic E-state index is 0.0188. The Morgan fingerprint density at radius 1 is 0.226 bits per heavy atom. The molecular formula is C116H222N4O25S. The maximum absolute atomic E-state index is 12.3. The molecule has 0 aromatic heterocycles. The summed E-state index contributed by atoms with van der Waals surface area (Å²) in [6, 6.07) is 0. The maximum Gasteiger partial charge on any atom is 0.305 e. The normalized spacial score (nSPS) is 12.4. The van der Waals surface area contributed by atoms with Gasteiger partial charge in [0.05, 0.1) is 125 Å². The minimum Gasteiger partial charge on any atom is -0.465 e. The number of hydrogen-bond acceptors (Lipinski definition) is 29. The van der Waals surface area contributed by atoms with Crippen LogP contribution in [0.25, 0.3) is 0 Å². The Morgan fingerprint density at radius 3 is 0.651 bits per heavy atom. The zero-order chi connectivity index (χ0) is 114. The van der Waals surface area contributed by atoms with Crippen LogP contribution in [0.2, 0.25) is 0 Å². The average molecular weight is 2110 g/mol. The zero-order valence-electron chi connectivity index (χ0n) is 100. The van der Waals surface area contributed by atoms with Crippen molar-refractivity contribution in [3.8, 4) is 0 Å². The smallest absolute Gasteiger partial charge is 0.305 e. The van der Waals surface area contributed by atoms with E-state index >= 15 is 0 Å². The molecule has 0 amide bonds. The van der Waals surface area contributed by atoms with Crippen molar-refractivity contribution < 1.29 is 118 Å². The van der Waals surface area contributed by atoms with Gasteiger partial charge in [-0.15, -0.1) is 0 Å². The number of ketones is 6. The van der Waals surface area contributed by atoms with Crippen LogP contribution in [0.15, 0.2) is 0 Å². The molecule has 0 aliphatic rings. The summed E-state index contributed by atoms with van der Waals surface area (Å²) in [6.07, 6.45) is 10.8. The van der Waals surface area contributed by atoms with E-state index in [0.717, 1.165) is 64.3 Å². The van der Waals surface area contributed by atoms with Crippen LogP contribution in [0.5, 0.6) is 0 Å². The van der Waals surface area contributed by atoms with Crippen molar-refractivity contribution in [3.63, 3.8) is 0 Å². The molecule has 0 saturated carbocycles. The lowest BCUT2D eigenvalue weighted by molar-refractivity contribution is -0.170. The molecule has 146 heavy (non-hydrogen) atoms. The third kappa shape index (κ3) is 86.9. The molecule has 0 rings (SSSR count). The Bertz CT molecular complexity index is 3390. The second-order valence-corrected chi connectivity index (χ2v) is 50.4. The van der Waals surface area contributed by atoms with E-state index < -0.39 is 20.7 Å². The van der Waals surface area contributed by atoms with E-state index in [9.17, 15) is 66.0 Å². The first-order chi connectivity index (χ1) is 67.5. The lowest BCUT2D eigenvalue weighted by Crippen LogP contribution is -2.44. The molecule has 0 radical (unpaired) electrons. The van der Waals surface area contributed by atoms with Gasteiger partial charge in [-0.1, -0.05) is 200 Å². The van der Waals surface area contributed by atoms with Crippen molar-refractivity contribution in [3.05, 3.63) is 0 Å². The highest BCUT2D eigenvalue weighted by molar-refractivity contribution is 7.91. The molecule has 30 heteroatoms. The predicted molar refractivity (Wildman–Crippen MR) is 589 cm³/mol. The van der Waals surface area contributed by atoms with Gasteiger partial charge in [-0.05, 0) is 201 Å². The van der Waals surface area contributed by atoms with E-state index in [2.05, 4.69) is 79.0 Å². The van der Waals surface area contributed by atoms with Crippen LogP contribution in [-0.4, -0.2) is 291 Å². The fourth-order valence-corrected chi connectivity index (χ4v) is 14.3. The molecule has 0 saturated heterocycles. The summed E-state index contributed by atoms with van der Waals surface area (Å²) in [7, 11) is -2.99. The number of Topliss-reactive ketones (excluding diaryl/α,β-unsaturated/α-hetero) is 6. The lowest BCUT2D eigenvalue weighted by Gasteiger charge is -2.35. The van der Waals surface area contributed by atoms with Crippen LogP contribution in [0, 0.1) is 99.1 Å². The standard InChI is InChI=1S/C26H48O7.C26H48O6.C22H42N2O4.C22H42N2O3.C20H42O5S/c1-19(2)9-12-23(27)31-16-26(15-30-22(7)8,17-32-24(28)13-10-20(3)4)18-33-25(29)14-11-21(5)6;1-19(2)9-12-23(27)30-16-26(15-22(7)8,17-31-24(28)13-10-20(3)4)18-32-25(29)14-11-21(5)6;1-16(2)20(25)13-23(11-12-28-19(7)8)9-10-24(14-21(26)17(3)4)15-22(27)18(5)6;1-16(2)9-10-23(13-20(25)17(3)4)11-12-24(14-21(26)18(5)6)15-22(27)19(7)8;1-16(2)23-13-20(14-24-17(3)4,15-25-18(5)6)11-9-10-12-26(21,22)19(7)8/h19-22H,9-18H2,1-8H3;19-22H,9-18H2,1-8H3;16-19H,9-15H2,1-8H3;16-19H,9-15H2,1-8H3;16-19H,9-15H2,1-8H3. The minimum atomic E-state index is -2.99. The van der Waals surface area contributed by atoms with E-state index in [0.29, 0.717) is 178 Å². The van der Waals surface area contributed by atoms with Crippen LogP contribution in [0.3, 0.4) is 0 Å². The van der Waals surface area contributed by atoms with Crippen LogP contribution >= 0.6 is 0 Å². The number of hydrogen-bond donors (Lipinski definition) is 0. The second kappa shape index (κ2) is 83.9. The van der Waals surface area contributed by atoms with E-state index in [4.69, 9.17) is 52.1 Å². The van der Waals surface area contributed by atoms with E-state index in [1.165, 1.54) is 0 Å². The highest BCUT2D eigenvalue weighted by atomic mass is 32.2. The molecule has 0 N–H and O–H groups in total. The number of sulfone groups is 1. The van der Waals surface area contributed by atoms with Crippen LogP contribution in [0.4, 0.5) is 0 Å². The van der Waals surface area contributed by atoms with Crippen molar-refractivity contribution in [2.24, 2.45) is 99.1 Å². The van der Waals surface area contributed by atoms with Gasteiger partial charge in [-0.3, -0.25) is 77.1 Å². The number of esters is 6. The SMILES string of the molecule is CC(C)CCC(=O)OCC(COC(=O)CCC(C)C)(COC(=O)CCC(C)C)CC(C)C.CC(C)CCC(=O)OCC(COC(=O)CCC(C)C)(COC(=O)CCC(C)C)COC(C)C.CC(C)CCN(CCN(CC(=O)C(C)C)CC(=O)C(C)C)CC(=O)C(C)C.CC(C)OCC(CCCCS(=O)(=O)C(C)C)(COC(C)C)COC(C)C.CC(C)OCCN(CCN(CC(=O)C(C)C)CC(=O)C(C)C)CC(=O)C(C)C. The van der Waals surface area contributed by atoms with Gasteiger partial charge < -0.3 is 52.1 Å². The molecule has 0 heterocycles. The van der Waals surface area contributed by atoms with Crippen LogP contribution in [0.1, 0.15) is 386 Å². The number of rotatable bonds is 81. The quantitative estimate of drug-likeness (QED) is 0.0310. The van der Waals surface area contributed by atoms with Gasteiger partial charge in [0.15, 0.2) is 9.84 Å². The molecule has 0 spiro atoms. The summed E-state index contributed by atoms with van der Waals surface area (Å²) < 4.78 is 86.7. The Hall–Kier alpha value is -5.57. The monoisotopic (exact) mass is 2100 g/mol. The van der Waals surface area contributed by atoms with Gasteiger partial charge in [0.2, 0.25) is 0 Å². The fourth-order valence-electron chi connectivity index (χ4n) is 13.3. The van der Waals surface area contributed by atoms with Crippen molar-refractivity contribution in [2.45, 2.75) is 422 Å². The van der Waals surface area contributed by atoms with Gasteiger partial charge >= 0.3 is 35.8 Å². The highest BCUT2D eigenvalue weighted by Gasteiger charge is 2.40. The van der Waals surface area contributed by atoms with Crippen molar-refractivity contribution in [2.75, 3.05) is 157 Å². The number of carbonyl (C=O) groups excluding carboxylic acids is 12. The number of nitrogens with zero attached hydrogens (tertiary/aromatic N) is 4. The topological polar surface area (TPSA) is 353 Å². The molecule has 862 valence electrons. The third-order valence-electron chi connectivity index (χ3n) is 24.1. The van der Waals surface area contributed by atoms with Crippen LogP contribution in [-0.2, 0) is 119 Å². The number of carbonyl (C=O) groups is 12. The third-order valence-corrected chi connectivity index (χ3v) is 26.4. The van der Waals surface area contributed by atoms with Gasteiger partial charge in [0, 0.05) is 112 Å². The molecule has 0 fully saturated rings. The van der Waals surface area contributed by atoms with Gasteiger partial charge in [-0.25, -0.2) is 8.42 Å². The van der Waals surface area contributed by atoms with Crippen LogP contribution < -0.4 is 0 Å². The molecule has 29 nitrogen and oxygen atoms in total. The average Bonchev–Trinajstić information content (AvgIpc) is 0.851. The van der Waals surface area contributed by atoms with E-state index in [1.807, 2.05) is 204 Å². The molecule has 0 atom stereocenters. The first-order valence-electron chi connectivity index (χ1n) is 55.8. The van der Waals surface area contributed by atoms with Gasteiger partial charge in [0.25, 0.3) is 0 Å². The molecular weight excluding hydrogens is 1880 g/mol. The van der Waals surface area contributed by atoms with E-state index in [1.54, 1.807) is 13.8 Å². The molecule has 0 unspecified atom stereocenters. The largest absolute Gasteiger partial charge is 0.465 e. The van der Waals surface area contributed by atoms with Crippen molar-refractivity contribution >= 4 is 80.4 Å². The summed E-state index contributed by atoms with van der Waals surface area (Å²) in [4.78, 5) is 155. The molecule has 0 bridgehead atoms. The van der Waals surface area contributed by atoms with Crippen molar-refractivity contribution in [1.29, 1.82) is 0 Å². The fraction of sp³-hybridized carbons (Fsp3) is 0.897. The molecule has 0 aliphatic carbocycles. The summed E-state index contributed by atoms with van der Waals surface area (Å²) in [5, 5.41) is -0.315. The summed E-state index contributed by atoms with van der Waals surface area (Å²) in [5.74, 6) is 2.43. The molecule has 0 aromatic carbocycles. The predicted octanol–water partition coefficient (Wildman–Crippen LogP) is 21.5. The van der Waals surface area contributed by atoms with E-state index in [-0.39, 0.29) is 218 Å². The Morgan fingerprint density at radius 2 is 0.438 bits per heavy atom. The maximum atomic E-state index is 12.3. The zero-order valence-corrected chi connectivity index (χ0v) is 101. The number of unbranched alkanes of at least 4 members (excludes halogenated alkanes) is 1. The Labute approximate surface area is 891 Å². The summed E-state index contributed by atoms with van der Waals surface area (Å²) in [6.45, 7) is 87.5. The Kier molecular flexibility index (Phi) is 85.6. The number of ether oxygens (including phenoxy) is 11. The first-order valence-corrected chi connectivity index (χ1v) is 57.5. The van der Waals surface area contributed by atoms with Gasteiger partial charge in [-0.2, -0.15) is 0 Å². The van der Waals surface area contributed by atoms with Crippen molar-refractivity contribution in [1.82, 2.24) is 19.6 Å². The summed E-state index contributed by atoms with van der Waals surface area (Å²) in [5.41, 5.74) is -1.96. The first kappa shape index (κ1) is 149. The Balaban J connectivity index is -0.000000569. The van der Waals surface area contributed by atoms with Gasteiger partial charge in [0.1, 0.15) is 74.3 Å². The second-order valence-electron chi connectivity index (χ2n) is 47.8. The molecule has 0 aromatic rings. The lowest BCUT2D eigenvalue weighted by atomic mass is 9.82. The molecule has 0 aliphatic heterocycles. The summed E-state index contributed by atoms with van der Waals surface area (Å²) >= 11 is 0.